The maximum absolute atomic E-state index is 5.35. The van der Waals surface area contributed by atoms with Crippen LogP contribution in [-0.2, 0) is 4.74 Å². The van der Waals surface area contributed by atoms with Crippen molar-refractivity contribution in [1.82, 2.24) is 0 Å². The second kappa shape index (κ2) is 1.73. The van der Waals surface area contributed by atoms with Gasteiger partial charge in [0.25, 0.3) is 0 Å². The van der Waals surface area contributed by atoms with Gasteiger partial charge in [-0.3, -0.25) is 0 Å². The van der Waals surface area contributed by atoms with Crippen LogP contribution < -0.4 is 0 Å². The number of halogens is 1. The van der Waals surface area contributed by atoms with Crippen LogP contribution in [0.3, 0.4) is 0 Å². The molecule has 0 aromatic carbocycles. The van der Waals surface area contributed by atoms with Crippen molar-refractivity contribution < 1.29 is 4.74 Å². The van der Waals surface area contributed by atoms with Crippen LogP contribution in [0.25, 0.3) is 0 Å². The third-order valence-electron chi connectivity index (χ3n) is 0.899. The Kier molecular flexibility index (Phi) is 1.23. The summed E-state index contributed by atoms with van der Waals surface area (Å²) in [6, 6.07) is 0. The molecule has 0 bridgehead atoms. The van der Waals surface area contributed by atoms with E-state index in [1.54, 1.807) is 0 Å². The van der Waals surface area contributed by atoms with Crippen LogP contribution in [-0.4, -0.2) is 18.1 Å². The van der Waals surface area contributed by atoms with E-state index in [0.717, 1.165) is 0 Å². The van der Waals surface area contributed by atoms with Crippen molar-refractivity contribution in [1.29, 1.82) is 0 Å². The molecule has 1 fully saturated rings. The van der Waals surface area contributed by atoms with E-state index >= 15 is 0 Å². The summed E-state index contributed by atoms with van der Waals surface area (Å²) in [5.74, 6) is 2.96. The van der Waals surface area contributed by atoms with Gasteiger partial charge < -0.3 is 4.74 Å². The fraction of sp³-hybridized carbons (Fsp3) is 0.600. The molecular weight excluding hydrogens is 112 g/mol. The van der Waals surface area contributed by atoms with E-state index in [-0.39, 0.29) is 12.2 Å². The molecule has 0 spiro atoms. The van der Waals surface area contributed by atoms with Gasteiger partial charge in [0.1, 0.15) is 12.2 Å². The van der Waals surface area contributed by atoms with Gasteiger partial charge in [0.2, 0.25) is 0 Å². The third kappa shape index (κ3) is 0.876. The predicted molar refractivity (Wildman–Crippen MR) is 28.2 cm³/mol. The molecule has 0 aromatic rings. The van der Waals surface area contributed by atoms with Gasteiger partial charge in [0.05, 0.1) is 5.88 Å². The lowest BCUT2D eigenvalue weighted by molar-refractivity contribution is 0.405. The Morgan fingerprint density at radius 1 is 1.86 bits per heavy atom. The molecule has 0 amide bonds. The summed E-state index contributed by atoms with van der Waals surface area (Å²) in [4.78, 5) is 0. The summed E-state index contributed by atoms with van der Waals surface area (Å²) < 4.78 is 4.85. The maximum atomic E-state index is 5.35. The van der Waals surface area contributed by atoms with Crippen molar-refractivity contribution in [3.8, 4) is 12.3 Å². The third-order valence-corrected chi connectivity index (χ3v) is 1.20. The molecule has 1 aliphatic heterocycles. The zero-order chi connectivity index (χ0) is 5.28. The Bertz CT molecular complexity index is 105. The molecule has 0 aromatic heterocycles. The van der Waals surface area contributed by atoms with Crippen LogP contribution >= 0.6 is 11.6 Å². The van der Waals surface area contributed by atoms with E-state index in [2.05, 4.69) is 5.92 Å². The second-order valence-corrected chi connectivity index (χ2v) is 1.72. The number of hydrogen-bond acceptors (Lipinski definition) is 1. The highest BCUT2D eigenvalue weighted by Crippen LogP contribution is 2.21. The molecule has 1 aliphatic rings. The molecule has 0 saturated carbocycles. The minimum absolute atomic E-state index is 0.0116. The van der Waals surface area contributed by atoms with Crippen molar-refractivity contribution in [2.24, 2.45) is 0 Å². The molecule has 38 valence electrons. The smallest absolute Gasteiger partial charge is 0.145 e. The molecule has 2 unspecified atom stereocenters. The molecule has 7 heavy (non-hydrogen) atoms. The fourth-order valence-electron chi connectivity index (χ4n) is 0.407. The van der Waals surface area contributed by atoms with Crippen molar-refractivity contribution in [2.75, 3.05) is 5.88 Å². The van der Waals surface area contributed by atoms with Gasteiger partial charge in [0.15, 0.2) is 0 Å². The lowest BCUT2D eigenvalue weighted by Crippen LogP contribution is -1.89. The fourth-order valence-corrected chi connectivity index (χ4v) is 0.641. The Labute approximate surface area is 47.6 Å². The van der Waals surface area contributed by atoms with Gasteiger partial charge in [-0.05, 0) is 0 Å². The van der Waals surface area contributed by atoms with Gasteiger partial charge in [0, 0.05) is 0 Å². The molecule has 1 saturated heterocycles. The van der Waals surface area contributed by atoms with E-state index in [9.17, 15) is 0 Å². The Hall–Kier alpha value is -0.190. The molecule has 2 heteroatoms. The minimum atomic E-state index is 0.0116. The molecule has 1 nitrogen and oxygen atoms in total. The molecule has 0 radical (unpaired) electrons. The number of epoxide rings is 1. The quantitative estimate of drug-likeness (QED) is 0.278. The Balaban J connectivity index is 2.21. The molecule has 0 N–H and O–H groups in total. The predicted octanol–water partition coefficient (Wildman–Crippen LogP) is 0.626. The van der Waals surface area contributed by atoms with Gasteiger partial charge >= 0.3 is 0 Å². The number of hydrogen-bond donors (Lipinski definition) is 0. The summed E-state index contributed by atoms with van der Waals surface area (Å²) in [5, 5.41) is 0. The molecule has 1 heterocycles. The van der Waals surface area contributed by atoms with Crippen molar-refractivity contribution in [3.05, 3.63) is 0 Å². The minimum Gasteiger partial charge on any atom is -0.354 e. The molecule has 2 atom stereocenters. The summed E-state index contributed by atoms with van der Waals surface area (Å²) in [6.45, 7) is 0. The van der Waals surface area contributed by atoms with Crippen LogP contribution in [0.4, 0.5) is 0 Å². The monoisotopic (exact) mass is 116 g/mol. The summed E-state index contributed by atoms with van der Waals surface area (Å²) in [6.07, 6.45) is 5.12. The van der Waals surface area contributed by atoms with Gasteiger partial charge in [-0.15, -0.1) is 18.0 Å². The van der Waals surface area contributed by atoms with Crippen molar-refractivity contribution in [3.63, 3.8) is 0 Å². The summed E-state index contributed by atoms with van der Waals surface area (Å²) in [7, 11) is 0. The first-order valence-corrected chi connectivity index (χ1v) is 2.59. The van der Waals surface area contributed by atoms with Crippen LogP contribution in [0.15, 0.2) is 0 Å². The zero-order valence-electron chi connectivity index (χ0n) is 3.73. The zero-order valence-corrected chi connectivity index (χ0v) is 4.48. The van der Waals surface area contributed by atoms with Crippen LogP contribution in [0.5, 0.6) is 0 Å². The number of rotatable bonds is 1. The normalized spacial score (nSPS) is 37.1. The average Bonchev–Trinajstić information content (AvgIpc) is 2.43. The largest absolute Gasteiger partial charge is 0.354 e. The molecular formula is C5H5ClO. The molecule has 1 rings (SSSR count). The van der Waals surface area contributed by atoms with Crippen LogP contribution in [0.1, 0.15) is 0 Å². The first kappa shape index (κ1) is 4.96. The standard InChI is InChI=1S/C5H5ClO/c1-2-4-5(3-6)7-4/h1,4-5H,3H2. The molecule has 0 aliphatic carbocycles. The number of terminal acetylenes is 1. The summed E-state index contributed by atoms with van der Waals surface area (Å²) >= 11 is 5.35. The lowest BCUT2D eigenvalue weighted by atomic mass is 10.4. The Morgan fingerprint density at radius 2 is 2.57 bits per heavy atom. The van der Waals surface area contributed by atoms with Crippen LogP contribution in [0, 0.1) is 12.3 Å². The van der Waals surface area contributed by atoms with Crippen LogP contribution in [0.2, 0.25) is 0 Å². The van der Waals surface area contributed by atoms with Crippen molar-refractivity contribution >= 4 is 11.6 Å². The highest BCUT2D eigenvalue weighted by molar-refractivity contribution is 6.18. The first-order valence-electron chi connectivity index (χ1n) is 2.06. The average molecular weight is 117 g/mol. The summed E-state index contributed by atoms with van der Waals surface area (Å²) in [5.41, 5.74) is 0. The van der Waals surface area contributed by atoms with Gasteiger partial charge in [-0.2, -0.15) is 0 Å². The SMILES string of the molecule is C#CC1OC1CCl. The van der Waals surface area contributed by atoms with Gasteiger partial charge in [-0.25, -0.2) is 0 Å². The topological polar surface area (TPSA) is 12.5 Å². The van der Waals surface area contributed by atoms with E-state index in [1.165, 1.54) is 0 Å². The highest BCUT2D eigenvalue weighted by Gasteiger charge is 2.35. The van der Waals surface area contributed by atoms with E-state index in [0.29, 0.717) is 5.88 Å². The number of ether oxygens (including phenoxy) is 1. The number of alkyl halides is 1. The van der Waals surface area contributed by atoms with E-state index in [4.69, 9.17) is 22.8 Å². The second-order valence-electron chi connectivity index (χ2n) is 1.42. The van der Waals surface area contributed by atoms with Crippen molar-refractivity contribution in [2.45, 2.75) is 12.2 Å². The lowest BCUT2D eigenvalue weighted by Gasteiger charge is -1.70. The highest BCUT2D eigenvalue weighted by atomic mass is 35.5. The Morgan fingerprint density at radius 3 is 2.71 bits per heavy atom. The van der Waals surface area contributed by atoms with Gasteiger partial charge in [-0.1, -0.05) is 5.92 Å². The maximum Gasteiger partial charge on any atom is 0.145 e. The van der Waals surface area contributed by atoms with E-state index < -0.39 is 0 Å². The first-order chi connectivity index (χ1) is 3.38. The van der Waals surface area contributed by atoms with E-state index in [1.807, 2.05) is 0 Å².